The van der Waals surface area contributed by atoms with Gasteiger partial charge in [0.1, 0.15) is 0 Å². The van der Waals surface area contributed by atoms with Crippen molar-refractivity contribution in [3.05, 3.63) is 198 Å². The van der Waals surface area contributed by atoms with E-state index < -0.39 is 0 Å². The van der Waals surface area contributed by atoms with Crippen LogP contribution in [0.5, 0.6) is 0 Å². The summed E-state index contributed by atoms with van der Waals surface area (Å²) in [5, 5.41) is 2.51. The second-order valence-corrected chi connectivity index (χ2v) is 14.7. The van der Waals surface area contributed by atoms with Crippen molar-refractivity contribution in [1.29, 1.82) is 0 Å². The van der Waals surface area contributed by atoms with E-state index in [9.17, 15) is 0 Å². The molecular formula is C50H37N3. The van der Waals surface area contributed by atoms with E-state index in [0.717, 1.165) is 39.5 Å². The summed E-state index contributed by atoms with van der Waals surface area (Å²) in [6.07, 6.45) is 0.639. The van der Waals surface area contributed by atoms with Crippen molar-refractivity contribution in [3.63, 3.8) is 0 Å². The van der Waals surface area contributed by atoms with Crippen LogP contribution < -0.4 is 0 Å². The molecule has 10 rings (SSSR count). The first-order valence-corrected chi connectivity index (χ1v) is 18.3. The normalized spacial score (nSPS) is 16.5. The number of aliphatic imine (C=N–C) groups is 2. The lowest BCUT2D eigenvalue weighted by Gasteiger charge is -2.23. The van der Waals surface area contributed by atoms with Crippen LogP contribution in [0.25, 0.3) is 55.3 Å². The fourth-order valence-corrected chi connectivity index (χ4v) is 8.51. The first-order valence-electron chi connectivity index (χ1n) is 18.3. The highest BCUT2D eigenvalue weighted by Gasteiger charge is 2.38. The van der Waals surface area contributed by atoms with Gasteiger partial charge in [0.25, 0.3) is 0 Å². The molecule has 0 spiro atoms. The SMILES string of the molecule is C=C1C/C(c2ccccc2)=N\C(c2ccccc2)=N/c2c1ccc1c2-c2ccc(-c3ccc4c(c3)c3ccccc3n4-c3ccccc3)cc2C1(C)C. The van der Waals surface area contributed by atoms with E-state index in [0.29, 0.717) is 6.42 Å². The molecule has 0 amide bonds. The number of amidine groups is 1. The third-order valence-electron chi connectivity index (χ3n) is 11.2. The summed E-state index contributed by atoms with van der Waals surface area (Å²) < 4.78 is 2.37. The van der Waals surface area contributed by atoms with Gasteiger partial charge < -0.3 is 4.57 Å². The van der Waals surface area contributed by atoms with Crippen molar-refractivity contribution in [2.75, 3.05) is 0 Å². The highest BCUT2D eigenvalue weighted by Crippen LogP contribution is 2.55. The molecule has 0 radical (unpaired) electrons. The number of benzene rings is 7. The molecule has 3 nitrogen and oxygen atoms in total. The molecule has 1 aliphatic heterocycles. The summed E-state index contributed by atoms with van der Waals surface area (Å²) in [6, 6.07) is 58.6. The molecule has 53 heavy (non-hydrogen) atoms. The topological polar surface area (TPSA) is 29.6 Å². The Hall–Kier alpha value is -6.58. The van der Waals surface area contributed by atoms with Crippen molar-refractivity contribution in [2.24, 2.45) is 9.98 Å². The van der Waals surface area contributed by atoms with E-state index in [1.54, 1.807) is 0 Å². The second-order valence-electron chi connectivity index (χ2n) is 14.7. The fourth-order valence-electron chi connectivity index (χ4n) is 8.51. The minimum Gasteiger partial charge on any atom is -0.309 e. The first-order chi connectivity index (χ1) is 26.0. The minimum absolute atomic E-state index is 0.228. The molecule has 0 N–H and O–H groups in total. The Morgan fingerprint density at radius 2 is 1.15 bits per heavy atom. The largest absolute Gasteiger partial charge is 0.309 e. The van der Waals surface area contributed by atoms with Gasteiger partial charge in [-0.1, -0.05) is 148 Å². The fraction of sp³-hybridized carbons (Fsp3) is 0.0800. The zero-order valence-corrected chi connectivity index (χ0v) is 29.8. The zero-order chi connectivity index (χ0) is 35.7. The Kier molecular flexibility index (Phi) is 7.06. The molecule has 0 bridgehead atoms. The smallest absolute Gasteiger partial charge is 0.160 e. The van der Waals surface area contributed by atoms with Gasteiger partial charge >= 0.3 is 0 Å². The second kappa shape index (κ2) is 12.0. The van der Waals surface area contributed by atoms with Gasteiger partial charge in [0.05, 0.1) is 22.4 Å². The maximum Gasteiger partial charge on any atom is 0.160 e. The van der Waals surface area contributed by atoms with Gasteiger partial charge in [0.2, 0.25) is 0 Å². The van der Waals surface area contributed by atoms with Crippen LogP contribution >= 0.6 is 0 Å². The van der Waals surface area contributed by atoms with E-state index in [-0.39, 0.29) is 5.41 Å². The highest BCUT2D eigenvalue weighted by molar-refractivity contribution is 6.17. The standard InChI is InChI=1S/C50H37N3/c1-32-29-44(33-15-7-4-8-16-33)51-49(34-17-9-5-10-18-34)52-48-38(32)26-27-42-47(48)40-25-23-36(31-43(40)50(42,2)3)35-24-28-46-41(30-35)39-21-13-14-22-45(39)53(46)37-19-11-6-12-20-37/h4-28,30-31H,1,29H2,2-3H3/b51-44+,52-49-. The lowest BCUT2D eigenvalue weighted by atomic mass is 9.81. The summed E-state index contributed by atoms with van der Waals surface area (Å²) in [6.45, 7) is 9.30. The molecular weight excluding hydrogens is 643 g/mol. The van der Waals surface area contributed by atoms with Crippen LogP contribution in [0.15, 0.2) is 180 Å². The number of allylic oxidation sites excluding steroid dienone is 1. The average molecular weight is 680 g/mol. The maximum absolute atomic E-state index is 5.47. The van der Waals surface area contributed by atoms with Gasteiger partial charge in [-0.2, -0.15) is 0 Å². The molecule has 2 aliphatic rings. The van der Waals surface area contributed by atoms with Gasteiger partial charge in [0.15, 0.2) is 5.84 Å². The number of rotatable bonds is 4. The molecule has 0 saturated carbocycles. The Morgan fingerprint density at radius 1 is 0.528 bits per heavy atom. The molecule has 0 atom stereocenters. The van der Waals surface area contributed by atoms with E-state index in [4.69, 9.17) is 9.98 Å². The predicted molar refractivity (Wildman–Crippen MR) is 223 cm³/mol. The van der Waals surface area contributed by atoms with Crippen molar-refractivity contribution in [2.45, 2.75) is 25.7 Å². The quantitative estimate of drug-likeness (QED) is 0.177. The molecule has 0 unspecified atom stereocenters. The number of aromatic nitrogens is 1. The van der Waals surface area contributed by atoms with Crippen LogP contribution in [0.2, 0.25) is 0 Å². The molecule has 0 fully saturated rings. The lowest BCUT2D eigenvalue weighted by Crippen LogP contribution is -2.15. The Balaban J connectivity index is 1.14. The number of hydrogen-bond acceptors (Lipinski definition) is 2. The maximum atomic E-state index is 5.47. The molecule has 1 aliphatic carbocycles. The van der Waals surface area contributed by atoms with Gasteiger partial charge in [-0.05, 0) is 75.4 Å². The monoisotopic (exact) mass is 679 g/mol. The summed E-state index contributed by atoms with van der Waals surface area (Å²) in [5.41, 5.74) is 16.9. The van der Waals surface area contributed by atoms with Crippen LogP contribution in [0.3, 0.4) is 0 Å². The predicted octanol–water partition coefficient (Wildman–Crippen LogP) is 12.7. The van der Waals surface area contributed by atoms with Gasteiger partial charge in [-0.15, -0.1) is 0 Å². The van der Waals surface area contributed by atoms with E-state index >= 15 is 0 Å². The van der Waals surface area contributed by atoms with Gasteiger partial charge in [-0.25, -0.2) is 9.98 Å². The Bertz CT molecular complexity index is 2820. The molecule has 2 heterocycles. The molecule has 0 saturated heterocycles. The molecule has 8 aromatic rings. The third kappa shape index (κ3) is 4.96. The van der Waals surface area contributed by atoms with Crippen LogP contribution in [-0.2, 0) is 5.41 Å². The van der Waals surface area contributed by atoms with Gasteiger partial charge in [0, 0.05) is 45.0 Å². The first kappa shape index (κ1) is 31.2. The number of hydrogen-bond donors (Lipinski definition) is 0. The lowest BCUT2D eigenvalue weighted by molar-refractivity contribution is 0.660. The molecule has 7 aromatic carbocycles. The van der Waals surface area contributed by atoms with Crippen LogP contribution in [0.1, 0.15) is 48.1 Å². The summed E-state index contributed by atoms with van der Waals surface area (Å²) in [4.78, 5) is 10.7. The highest BCUT2D eigenvalue weighted by atomic mass is 15.0. The molecule has 252 valence electrons. The zero-order valence-electron chi connectivity index (χ0n) is 29.8. The van der Waals surface area contributed by atoms with Crippen molar-refractivity contribution in [1.82, 2.24) is 4.57 Å². The third-order valence-corrected chi connectivity index (χ3v) is 11.2. The van der Waals surface area contributed by atoms with Gasteiger partial charge in [-0.3, -0.25) is 0 Å². The van der Waals surface area contributed by atoms with E-state index in [1.165, 1.54) is 60.9 Å². The minimum atomic E-state index is -0.228. The summed E-state index contributed by atoms with van der Waals surface area (Å²) in [7, 11) is 0. The Morgan fingerprint density at radius 3 is 1.92 bits per heavy atom. The van der Waals surface area contributed by atoms with Crippen molar-refractivity contribution < 1.29 is 0 Å². The number of nitrogens with zero attached hydrogens (tertiary/aromatic N) is 3. The van der Waals surface area contributed by atoms with Crippen LogP contribution in [-0.4, -0.2) is 16.1 Å². The summed E-state index contributed by atoms with van der Waals surface area (Å²) >= 11 is 0. The van der Waals surface area contributed by atoms with Crippen LogP contribution in [0, 0.1) is 0 Å². The van der Waals surface area contributed by atoms with E-state index in [2.05, 4.69) is 177 Å². The van der Waals surface area contributed by atoms with Crippen molar-refractivity contribution in [3.8, 4) is 27.9 Å². The molecule has 1 aromatic heterocycles. The number of fused-ring (bicyclic) bond motifs is 8. The molecule has 3 heteroatoms. The van der Waals surface area contributed by atoms with Crippen molar-refractivity contribution >= 4 is 44.6 Å². The number of para-hydroxylation sites is 2. The van der Waals surface area contributed by atoms with E-state index in [1.807, 2.05) is 12.1 Å². The summed E-state index contributed by atoms with van der Waals surface area (Å²) in [5.74, 6) is 0.720. The van der Waals surface area contributed by atoms with Crippen LogP contribution in [0.4, 0.5) is 5.69 Å². The Labute approximate surface area is 310 Å². The average Bonchev–Trinajstić information content (AvgIpc) is 3.65.